The summed E-state index contributed by atoms with van der Waals surface area (Å²) in [5, 5.41) is 12.3. The summed E-state index contributed by atoms with van der Waals surface area (Å²) in [5.74, 6) is 0. The Morgan fingerprint density at radius 2 is 2.17 bits per heavy atom. The van der Waals surface area contributed by atoms with Gasteiger partial charge in [0.15, 0.2) is 0 Å². The number of nitrogens with one attached hydrogen (secondary N) is 1. The summed E-state index contributed by atoms with van der Waals surface area (Å²) in [4.78, 5) is 0. The van der Waals surface area contributed by atoms with Crippen molar-refractivity contribution in [3.05, 3.63) is 36.4 Å². The molecule has 0 saturated heterocycles. The summed E-state index contributed by atoms with van der Waals surface area (Å²) in [6.07, 6.45) is 0.129. The topological polar surface area (TPSA) is 32.3 Å². The third-order valence-electron chi connectivity index (χ3n) is 2.07. The zero-order chi connectivity index (χ0) is 8.55. The van der Waals surface area contributed by atoms with Gasteiger partial charge in [-0.2, -0.15) is 0 Å². The van der Waals surface area contributed by atoms with E-state index in [1.807, 2.05) is 24.3 Å². The summed E-state index contributed by atoms with van der Waals surface area (Å²) >= 11 is 0. The molecule has 0 bridgehead atoms. The first-order valence-corrected chi connectivity index (χ1v) is 3.99. The van der Waals surface area contributed by atoms with E-state index in [1.54, 1.807) is 0 Å². The molecule has 2 rings (SSSR count). The first kappa shape index (κ1) is 7.37. The van der Waals surface area contributed by atoms with Crippen molar-refractivity contribution in [2.75, 3.05) is 5.32 Å². The van der Waals surface area contributed by atoms with Crippen LogP contribution in [0.3, 0.4) is 0 Å². The van der Waals surface area contributed by atoms with E-state index >= 15 is 0 Å². The first-order valence-electron chi connectivity index (χ1n) is 3.99. The fraction of sp³-hybridized carbons (Fsp3) is 0.200. The zero-order valence-corrected chi connectivity index (χ0v) is 6.75. The van der Waals surface area contributed by atoms with Crippen LogP contribution in [0, 0.1) is 0 Å². The lowest BCUT2D eigenvalue weighted by Crippen LogP contribution is -2.23. The van der Waals surface area contributed by atoms with Gasteiger partial charge in [0.05, 0.1) is 0 Å². The Kier molecular flexibility index (Phi) is 1.62. The second-order valence-electron chi connectivity index (χ2n) is 3.01. The molecule has 2 nitrogen and oxygen atoms in total. The van der Waals surface area contributed by atoms with Crippen LogP contribution in [0.1, 0.15) is 12.0 Å². The van der Waals surface area contributed by atoms with Crippen LogP contribution >= 0.6 is 0 Å². The van der Waals surface area contributed by atoms with Crippen LogP contribution < -0.4 is 5.32 Å². The van der Waals surface area contributed by atoms with E-state index in [1.165, 1.54) is 0 Å². The molecule has 1 aliphatic rings. The van der Waals surface area contributed by atoms with Crippen LogP contribution in [-0.4, -0.2) is 11.3 Å². The Balaban J connectivity index is 2.47. The molecule has 1 aliphatic heterocycles. The molecule has 1 unspecified atom stereocenters. The number of hydrogen-bond donors (Lipinski definition) is 2. The third kappa shape index (κ3) is 1.10. The maximum absolute atomic E-state index is 9.35. The maximum atomic E-state index is 9.35. The van der Waals surface area contributed by atoms with Crippen molar-refractivity contribution in [3.8, 4) is 0 Å². The van der Waals surface area contributed by atoms with E-state index in [-0.39, 0.29) is 0 Å². The second kappa shape index (κ2) is 2.64. The zero-order valence-electron chi connectivity index (χ0n) is 6.75. The van der Waals surface area contributed by atoms with Crippen molar-refractivity contribution in [3.63, 3.8) is 0 Å². The Morgan fingerprint density at radius 1 is 1.42 bits per heavy atom. The predicted octanol–water partition coefficient (Wildman–Crippen LogP) is 1.83. The lowest BCUT2D eigenvalue weighted by atomic mass is 9.98. The number of aliphatic hydroxyl groups excluding tert-OH is 1. The van der Waals surface area contributed by atoms with E-state index in [9.17, 15) is 5.11 Å². The molecule has 0 spiro atoms. The lowest BCUT2D eigenvalue weighted by Gasteiger charge is -2.24. The molecule has 1 aromatic rings. The maximum Gasteiger partial charge on any atom is 0.128 e. The highest BCUT2D eigenvalue weighted by Crippen LogP contribution is 2.30. The Hall–Kier alpha value is -1.28. The molecule has 1 atom stereocenters. The SMILES string of the molecule is C=C1CC(O)Nc2ccccc21. The Bertz CT molecular complexity index is 319. The average Bonchev–Trinajstić information content (AvgIpc) is 2.04. The molecule has 62 valence electrons. The van der Waals surface area contributed by atoms with E-state index in [4.69, 9.17) is 0 Å². The van der Waals surface area contributed by atoms with Crippen molar-refractivity contribution in [2.24, 2.45) is 0 Å². The first-order chi connectivity index (χ1) is 5.77. The summed E-state index contributed by atoms with van der Waals surface area (Å²) in [7, 11) is 0. The molecule has 1 aromatic carbocycles. The van der Waals surface area contributed by atoms with Crippen molar-refractivity contribution in [1.29, 1.82) is 0 Å². The van der Waals surface area contributed by atoms with Gasteiger partial charge >= 0.3 is 0 Å². The van der Waals surface area contributed by atoms with Crippen LogP contribution in [0.2, 0.25) is 0 Å². The van der Waals surface area contributed by atoms with Gasteiger partial charge in [-0.15, -0.1) is 0 Å². The normalized spacial score (nSPS) is 21.4. The molecule has 2 heteroatoms. The van der Waals surface area contributed by atoms with Crippen molar-refractivity contribution in [2.45, 2.75) is 12.6 Å². The van der Waals surface area contributed by atoms with Crippen molar-refractivity contribution < 1.29 is 5.11 Å². The van der Waals surface area contributed by atoms with Gasteiger partial charge in [0.2, 0.25) is 0 Å². The Labute approximate surface area is 71.5 Å². The predicted molar refractivity (Wildman–Crippen MR) is 49.7 cm³/mol. The van der Waals surface area contributed by atoms with E-state index in [2.05, 4.69) is 11.9 Å². The van der Waals surface area contributed by atoms with Crippen molar-refractivity contribution >= 4 is 11.3 Å². The number of aliphatic hydroxyl groups is 1. The molecule has 0 aromatic heterocycles. The number of rotatable bonds is 0. The largest absolute Gasteiger partial charge is 0.373 e. The Morgan fingerprint density at radius 3 is 3.00 bits per heavy atom. The number of anilines is 1. The van der Waals surface area contributed by atoms with Crippen LogP contribution in [0.4, 0.5) is 5.69 Å². The van der Waals surface area contributed by atoms with Gasteiger partial charge in [0.25, 0.3) is 0 Å². The van der Waals surface area contributed by atoms with Crippen LogP contribution in [0.15, 0.2) is 30.8 Å². The van der Waals surface area contributed by atoms with E-state index < -0.39 is 6.23 Å². The minimum absolute atomic E-state index is 0.479. The second-order valence-corrected chi connectivity index (χ2v) is 3.01. The van der Waals surface area contributed by atoms with Gasteiger partial charge in [0.1, 0.15) is 6.23 Å². The summed E-state index contributed by atoms with van der Waals surface area (Å²) in [6.45, 7) is 3.91. The molecular weight excluding hydrogens is 150 g/mol. The fourth-order valence-electron chi connectivity index (χ4n) is 1.49. The summed E-state index contributed by atoms with van der Waals surface area (Å²) in [5.41, 5.74) is 3.08. The van der Waals surface area contributed by atoms with E-state index in [0.717, 1.165) is 16.8 Å². The standard InChI is InChI=1S/C10H11NO/c1-7-6-10(12)11-9-5-3-2-4-8(7)9/h2-5,10-12H,1,6H2. The number of para-hydroxylation sites is 1. The van der Waals surface area contributed by atoms with Gasteiger partial charge in [0, 0.05) is 17.7 Å². The highest BCUT2D eigenvalue weighted by Gasteiger charge is 2.16. The van der Waals surface area contributed by atoms with Gasteiger partial charge < -0.3 is 10.4 Å². The molecule has 0 aliphatic carbocycles. The van der Waals surface area contributed by atoms with E-state index in [0.29, 0.717) is 6.42 Å². The highest BCUT2D eigenvalue weighted by atomic mass is 16.3. The van der Waals surface area contributed by atoms with Gasteiger partial charge in [-0.05, 0) is 11.6 Å². The number of fused-ring (bicyclic) bond motifs is 1. The molecule has 0 saturated carbocycles. The van der Waals surface area contributed by atoms with Crippen molar-refractivity contribution in [1.82, 2.24) is 0 Å². The molecule has 12 heavy (non-hydrogen) atoms. The fourth-order valence-corrected chi connectivity index (χ4v) is 1.49. The average molecular weight is 161 g/mol. The summed E-state index contributed by atoms with van der Waals surface area (Å²) < 4.78 is 0. The molecular formula is C10H11NO. The molecule has 0 fully saturated rings. The van der Waals surface area contributed by atoms with Crippen LogP contribution in [-0.2, 0) is 0 Å². The highest BCUT2D eigenvalue weighted by molar-refractivity contribution is 5.77. The van der Waals surface area contributed by atoms with Gasteiger partial charge in [-0.3, -0.25) is 0 Å². The minimum Gasteiger partial charge on any atom is -0.373 e. The lowest BCUT2D eigenvalue weighted by molar-refractivity contribution is 0.207. The minimum atomic E-state index is -0.479. The van der Waals surface area contributed by atoms with Gasteiger partial charge in [-0.25, -0.2) is 0 Å². The molecule has 0 radical (unpaired) electrons. The van der Waals surface area contributed by atoms with Crippen LogP contribution in [0.5, 0.6) is 0 Å². The van der Waals surface area contributed by atoms with Gasteiger partial charge in [-0.1, -0.05) is 24.8 Å². The quantitative estimate of drug-likeness (QED) is 0.608. The molecule has 2 N–H and O–H groups in total. The summed E-state index contributed by atoms with van der Waals surface area (Å²) in [6, 6.07) is 7.87. The monoisotopic (exact) mass is 161 g/mol. The number of hydrogen-bond acceptors (Lipinski definition) is 2. The van der Waals surface area contributed by atoms with Crippen LogP contribution in [0.25, 0.3) is 5.57 Å². The smallest absolute Gasteiger partial charge is 0.128 e. The molecule has 1 heterocycles. The number of benzene rings is 1. The molecule has 0 amide bonds. The third-order valence-corrected chi connectivity index (χ3v) is 2.07.